The summed E-state index contributed by atoms with van der Waals surface area (Å²) >= 11 is 0. The average molecular weight is 400 g/mol. The molecule has 0 saturated carbocycles. The number of rotatable bonds is 0. The van der Waals surface area contributed by atoms with E-state index >= 15 is 0 Å². The molecule has 11 heteroatoms. The van der Waals surface area contributed by atoms with Crippen LogP contribution >= 0.6 is 0 Å². The number of nitrogens with zero attached hydrogens (tertiary/aromatic N) is 2. The lowest BCUT2D eigenvalue weighted by atomic mass is 10.1. The molecule has 0 radical (unpaired) electrons. The summed E-state index contributed by atoms with van der Waals surface area (Å²) in [6, 6.07) is 5.15. The van der Waals surface area contributed by atoms with Crippen LogP contribution in [0.3, 0.4) is 0 Å². The molecule has 0 aromatic heterocycles. The van der Waals surface area contributed by atoms with Gasteiger partial charge in [0.2, 0.25) is 0 Å². The second-order valence-corrected chi connectivity index (χ2v) is 5.90. The number of hydrogen-bond donors (Lipinski definition) is 0. The molecule has 0 fully saturated rings. The van der Waals surface area contributed by atoms with Gasteiger partial charge >= 0.3 is 24.0 Å². The van der Waals surface area contributed by atoms with E-state index in [9.17, 15) is 37.5 Å². The van der Waals surface area contributed by atoms with Crippen LogP contribution in [0.15, 0.2) is 36.4 Å². The first kappa shape index (κ1) is 18.1. The smallest absolute Gasteiger partial charge is 0.358 e. The minimum Gasteiger partial charge on any atom is -0.358 e. The first-order valence-electron chi connectivity index (χ1n) is 7.83. The first-order chi connectivity index (χ1) is 13.7. The molecule has 2 aliphatic heterocycles. The van der Waals surface area contributed by atoms with Gasteiger partial charge in [0.15, 0.2) is 0 Å². The monoisotopic (exact) mass is 400 g/mol. The normalized spacial score (nSPS) is 15.0. The van der Waals surface area contributed by atoms with Crippen molar-refractivity contribution in [1.29, 1.82) is 0 Å². The van der Waals surface area contributed by atoms with Gasteiger partial charge in [-0.1, -0.05) is 0 Å². The van der Waals surface area contributed by atoms with Gasteiger partial charge in [-0.3, -0.25) is 19.2 Å². The molecule has 0 spiro atoms. The molecule has 2 aromatic carbocycles. The number of amides is 4. The van der Waals surface area contributed by atoms with Gasteiger partial charge in [-0.25, -0.2) is 28.2 Å². The van der Waals surface area contributed by atoms with Gasteiger partial charge in [-0.05, 0) is 36.4 Å². The molecule has 0 atom stereocenters. The molecule has 0 N–H and O–H groups in total. The van der Waals surface area contributed by atoms with Gasteiger partial charge in [0, 0.05) is 0 Å². The highest BCUT2D eigenvalue weighted by Crippen LogP contribution is 2.32. The number of halogens is 2. The molecule has 0 saturated heterocycles. The van der Waals surface area contributed by atoms with Crippen molar-refractivity contribution in [3.05, 3.63) is 59.2 Å². The van der Waals surface area contributed by atoms with Crippen molar-refractivity contribution in [2.45, 2.75) is 0 Å². The van der Waals surface area contributed by atoms with E-state index in [-0.39, 0.29) is 20.9 Å². The maximum atomic E-state index is 13.5. The summed E-state index contributed by atoms with van der Waals surface area (Å²) in [7, 11) is 0. The second-order valence-electron chi connectivity index (χ2n) is 5.90. The van der Waals surface area contributed by atoms with Gasteiger partial charge in [-0.2, -0.15) is 0 Å². The van der Waals surface area contributed by atoms with Crippen molar-refractivity contribution >= 4 is 46.9 Å². The Balaban J connectivity index is 1.65. The number of imide groups is 2. The molecular formula is C18H6F2N2O7. The summed E-state index contributed by atoms with van der Waals surface area (Å²) in [5.41, 5.74) is -1.48. The number of carbonyl (C=O) groups is 6. The molecule has 29 heavy (non-hydrogen) atoms. The fourth-order valence-electron chi connectivity index (χ4n) is 2.94. The molecule has 4 amide bonds. The zero-order valence-corrected chi connectivity index (χ0v) is 14.0. The van der Waals surface area contributed by atoms with Crippen LogP contribution in [0, 0.1) is 11.6 Å². The molecule has 0 aliphatic carbocycles. The number of Topliss-reactive ketones (excluding diaryl/α,β-unsaturated/α-hetero) is 2. The number of benzene rings is 2. The third kappa shape index (κ3) is 2.59. The SMILES string of the molecule is O=C1C(=O)N(C(=O)OC(=O)N2C(=O)C(=O)c3ccc(F)cc32)c2cc(F)ccc21. The lowest BCUT2D eigenvalue weighted by Crippen LogP contribution is -2.43. The van der Waals surface area contributed by atoms with Crippen LogP contribution in [0.1, 0.15) is 20.7 Å². The summed E-state index contributed by atoms with van der Waals surface area (Å²) in [5, 5.41) is 0. The maximum absolute atomic E-state index is 13.5. The van der Waals surface area contributed by atoms with Crippen LogP contribution in [0.2, 0.25) is 0 Å². The van der Waals surface area contributed by atoms with E-state index in [1.807, 2.05) is 0 Å². The second kappa shape index (κ2) is 6.12. The van der Waals surface area contributed by atoms with Gasteiger partial charge in [0.25, 0.3) is 11.6 Å². The van der Waals surface area contributed by atoms with Crippen LogP contribution in [-0.2, 0) is 14.3 Å². The lowest BCUT2D eigenvalue weighted by Gasteiger charge is -2.17. The molecule has 9 nitrogen and oxygen atoms in total. The van der Waals surface area contributed by atoms with E-state index in [1.54, 1.807) is 0 Å². The van der Waals surface area contributed by atoms with Crippen LogP contribution in [0.4, 0.5) is 29.7 Å². The van der Waals surface area contributed by atoms with E-state index in [1.165, 1.54) is 0 Å². The Labute approximate surface area is 159 Å². The Morgan fingerprint density at radius 1 is 0.690 bits per heavy atom. The van der Waals surface area contributed by atoms with Crippen molar-refractivity contribution in [3.8, 4) is 0 Å². The van der Waals surface area contributed by atoms with Crippen molar-refractivity contribution in [3.63, 3.8) is 0 Å². The van der Waals surface area contributed by atoms with E-state index < -0.39 is 58.6 Å². The Hall–Kier alpha value is -4.28. The molecule has 0 bridgehead atoms. The number of hydrogen-bond acceptors (Lipinski definition) is 7. The number of ether oxygens (including phenoxy) is 1. The van der Waals surface area contributed by atoms with Crippen molar-refractivity contribution in [1.82, 2.24) is 0 Å². The van der Waals surface area contributed by atoms with E-state index in [0.29, 0.717) is 12.1 Å². The van der Waals surface area contributed by atoms with Crippen LogP contribution < -0.4 is 9.80 Å². The average Bonchev–Trinajstić information content (AvgIpc) is 3.05. The van der Waals surface area contributed by atoms with Crippen molar-refractivity contribution in [2.24, 2.45) is 0 Å². The third-order valence-electron chi connectivity index (χ3n) is 4.23. The standard InChI is InChI=1S/C18H6F2N2O7/c19-7-1-3-9-11(5-7)21(15(25)13(9)23)17(27)29-18(28)22-12-6-8(20)2-4-10(12)14(24)16(22)26/h1-6H. The predicted octanol–water partition coefficient (Wildman–Crippen LogP) is 1.98. The summed E-state index contributed by atoms with van der Waals surface area (Å²) in [6.45, 7) is 0. The number of fused-ring (bicyclic) bond motifs is 2. The highest BCUT2D eigenvalue weighted by atomic mass is 19.1. The van der Waals surface area contributed by atoms with Gasteiger partial charge < -0.3 is 4.74 Å². The summed E-state index contributed by atoms with van der Waals surface area (Å²) < 4.78 is 31.4. The molecule has 2 heterocycles. The maximum Gasteiger partial charge on any atom is 0.430 e. The molecule has 2 aromatic rings. The van der Waals surface area contributed by atoms with E-state index in [0.717, 1.165) is 24.3 Å². The zero-order chi connectivity index (χ0) is 21.0. The largest absolute Gasteiger partial charge is 0.430 e. The molecule has 2 aliphatic rings. The van der Waals surface area contributed by atoms with Crippen LogP contribution in [0.25, 0.3) is 0 Å². The molecular weight excluding hydrogens is 394 g/mol. The fourth-order valence-corrected chi connectivity index (χ4v) is 2.94. The minimum absolute atomic E-state index is 0.119. The fraction of sp³-hybridized carbons (Fsp3) is 0. The minimum atomic E-state index is -1.71. The van der Waals surface area contributed by atoms with E-state index in [2.05, 4.69) is 4.74 Å². The predicted molar refractivity (Wildman–Crippen MR) is 88.3 cm³/mol. The van der Waals surface area contributed by atoms with Crippen molar-refractivity contribution in [2.75, 3.05) is 9.80 Å². The van der Waals surface area contributed by atoms with Crippen LogP contribution in [-0.4, -0.2) is 35.6 Å². The Bertz CT molecular complexity index is 1100. The van der Waals surface area contributed by atoms with Gasteiger partial charge in [-0.15, -0.1) is 0 Å². The van der Waals surface area contributed by atoms with Gasteiger partial charge in [0.05, 0.1) is 22.5 Å². The Morgan fingerprint density at radius 3 is 1.45 bits per heavy atom. The number of anilines is 2. The molecule has 144 valence electrons. The molecule has 0 unspecified atom stereocenters. The zero-order valence-electron chi connectivity index (χ0n) is 14.0. The summed E-state index contributed by atoms with van der Waals surface area (Å²) in [4.78, 5) is 72.7. The Morgan fingerprint density at radius 2 is 1.07 bits per heavy atom. The van der Waals surface area contributed by atoms with E-state index in [4.69, 9.17) is 0 Å². The first-order valence-corrected chi connectivity index (χ1v) is 7.83. The number of ketones is 2. The lowest BCUT2D eigenvalue weighted by molar-refractivity contribution is -0.114. The third-order valence-corrected chi connectivity index (χ3v) is 4.23. The quantitative estimate of drug-likeness (QED) is 0.490. The summed E-state index contributed by atoms with van der Waals surface area (Å²) in [5.74, 6) is -6.83. The highest BCUT2D eigenvalue weighted by Gasteiger charge is 2.45. The van der Waals surface area contributed by atoms with Crippen LogP contribution in [0.5, 0.6) is 0 Å². The van der Waals surface area contributed by atoms with Crippen molar-refractivity contribution < 1.29 is 42.3 Å². The van der Waals surface area contributed by atoms with Gasteiger partial charge in [0.1, 0.15) is 11.6 Å². The number of carbonyl (C=O) groups excluding carboxylic acids is 6. The summed E-state index contributed by atoms with van der Waals surface area (Å²) in [6.07, 6.45) is -3.41. The molecule has 4 rings (SSSR count). The Kier molecular flexibility index (Phi) is 3.82. The highest BCUT2D eigenvalue weighted by molar-refractivity contribution is 6.57. The topological polar surface area (TPSA) is 118 Å².